The summed E-state index contributed by atoms with van der Waals surface area (Å²) < 4.78 is 10.7. The van der Waals surface area contributed by atoms with Crippen molar-refractivity contribution in [1.82, 2.24) is 0 Å². The standard InChI is InChI=1S/C22H23N3O3/c1-27-20-12-13-21(28-2)16(14-20)15-23-17-8-10-19(11-9-17)25-22(26)24-18-6-4-3-5-7-18/h3-14,23H,15H2,1-2H3,(H2,24,25,26). The average molecular weight is 377 g/mol. The lowest BCUT2D eigenvalue weighted by molar-refractivity contribution is 0.262. The molecule has 0 aliphatic carbocycles. The molecule has 0 radical (unpaired) electrons. The van der Waals surface area contributed by atoms with E-state index in [-0.39, 0.29) is 6.03 Å². The van der Waals surface area contributed by atoms with Crippen LogP contribution in [0.2, 0.25) is 0 Å². The number of anilines is 3. The van der Waals surface area contributed by atoms with Crippen LogP contribution in [-0.2, 0) is 6.54 Å². The topological polar surface area (TPSA) is 71.6 Å². The minimum Gasteiger partial charge on any atom is -0.497 e. The molecule has 0 aliphatic heterocycles. The van der Waals surface area contributed by atoms with Gasteiger partial charge in [0.2, 0.25) is 0 Å². The van der Waals surface area contributed by atoms with Gasteiger partial charge in [0.25, 0.3) is 0 Å². The molecule has 0 fully saturated rings. The number of amides is 2. The molecule has 6 nitrogen and oxygen atoms in total. The zero-order valence-corrected chi connectivity index (χ0v) is 15.9. The summed E-state index contributed by atoms with van der Waals surface area (Å²) in [5.41, 5.74) is 3.37. The molecule has 144 valence electrons. The molecule has 0 atom stereocenters. The van der Waals surface area contributed by atoms with Crippen molar-refractivity contribution in [3.8, 4) is 11.5 Å². The largest absolute Gasteiger partial charge is 0.497 e. The van der Waals surface area contributed by atoms with Crippen molar-refractivity contribution in [2.24, 2.45) is 0 Å². The molecule has 3 N–H and O–H groups in total. The van der Waals surface area contributed by atoms with Gasteiger partial charge in [0.05, 0.1) is 14.2 Å². The molecule has 3 rings (SSSR count). The van der Waals surface area contributed by atoms with Crippen LogP contribution >= 0.6 is 0 Å². The maximum Gasteiger partial charge on any atom is 0.323 e. The van der Waals surface area contributed by atoms with Gasteiger partial charge in [-0.25, -0.2) is 4.79 Å². The lowest BCUT2D eigenvalue weighted by Crippen LogP contribution is -2.19. The molecule has 3 aromatic carbocycles. The minimum absolute atomic E-state index is 0.284. The second-order valence-corrected chi connectivity index (χ2v) is 6.05. The third-order valence-corrected chi connectivity index (χ3v) is 4.14. The average Bonchev–Trinajstić information content (AvgIpc) is 2.73. The molecule has 0 saturated heterocycles. The highest BCUT2D eigenvalue weighted by Gasteiger charge is 2.06. The van der Waals surface area contributed by atoms with E-state index in [2.05, 4.69) is 16.0 Å². The molecule has 2 amide bonds. The van der Waals surface area contributed by atoms with Crippen LogP contribution < -0.4 is 25.4 Å². The van der Waals surface area contributed by atoms with E-state index in [1.165, 1.54) is 0 Å². The zero-order chi connectivity index (χ0) is 19.8. The number of nitrogens with one attached hydrogen (secondary N) is 3. The van der Waals surface area contributed by atoms with Crippen molar-refractivity contribution in [2.45, 2.75) is 6.54 Å². The Morgan fingerprint density at radius 1 is 0.786 bits per heavy atom. The summed E-state index contributed by atoms with van der Waals surface area (Å²) in [6, 6.07) is 22.2. The van der Waals surface area contributed by atoms with Crippen LogP contribution in [-0.4, -0.2) is 20.3 Å². The molecule has 0 saturated carbocycles. The molecule has 3 aromatic rings. The zero-order valence-electron chi connectivity index (χ0n) is 15.9. The lowest BCUT2D eigenvalue weighted by atomic mass is 10.1. The Morgan fingerprint density at radius 3 is 2.07 bits per heavy atom. The van der Waals surface area contributed by atoms with E-state index < -0.39 is 0 Å². The number of para-hydroxylation sites is 1. The highest BCUT2D eigenvalue weighted by molar-refractivity contribution is 5.99. The van der Waals surface area contributed by atoms with E-state index in [0.29, 0.717) is 12.2 Å². The highest BCUT2D eigenvalue weighted by Crippen LogP contribution is 2.25. The van der Waals surface area contributed by atoms with Crippen LogP contribution in [0.5, 0.6) is 11.5 Å². The number of carbonyl (C=O) groups is 1. The van der Waals surface area contributed by atoms with Crippen molar-refractivity contribution in [3.63, 3.8) is 0 Å². The predicted molar refractivity (Wildman–Crippen MR) is 112 cm³/mol. The van der Waals surface area contributed by atoms with E-state index in [0.717, 1.165) is 28.4 Å². The first-order valence-corrected chi connectivity index (χ1v) is 8.86. The van der Waals surface area contributed by atoms with Crippen molar-refractivity contribution < 1.29 is 14.3 Å². The summed E-state index contributed by atoms with van der Waals surface area (Å²) in [5, 5.41) is 8.94. The Kier molecular flexibility index (Phi) is 6.36. The molecular formula is C22H23N3O3. The molecule has 6 heteroatoms. The van der Waals surface area contributed by atoms with Crippen molar-refractivity contribution in [1.29, 1.82) is 0 Å². The van der Waals surface area contributed by atoms with E-state index in [4.69, 9.17) is 9.47 Å². The Labute approximate surface area is 164 Å². The fourth-order valence-corrected chi connectivity index (χ4v) is 2.70. The first-order chi connectivity index (χ1) is 13.7. The van der Waals surface area contributed by atoms with Gasteiger partial charge in [-0.15, -0.1) is 0 Å². The van der Waals surface area contributed by atoms with Gasteiger partial charge in [-0.2, -0.15) is 0 Å². The first-order valence-electron chi connectivity index (χ1n) is 8.86. The summed E-state index contributed by atoms with van der Waals surface area (Å²) in [7, 11) is 3.28. The SMILES string of the molecule is COc1ccc(OC)c(CNc2ccc(NC(=O)Nc3ccccc3)cc2)c1. The second-order valence-electron chi connectivity index (χ2n) is 6.05. The van der Waals surface area contributed by atoms with Crippen LogP contribution in [0.1, 0.15) is 5.56 Å². The minimum atomic E-state index is -0.284. The normalized spacial score (nSPS) is 10.1. The molecule has 0 aliphatic rings. The summed E-state index contributed by atoms with van der Waals surface area (Å²) in [6.45, 7) is 0.585. The number of carbonyl (C=O) groups excluding carboxylic acids is 1. The fraction of sp³-hybridized carbons (Fsp3) is 0.136. The molecule has 0 bridgehead atoms. The molecule has 0 aromatic heterocycles. The highest BCUT2D eigenvalue weighted by atomic mass is 16.5. The third kappa shape index (κ3) is 5.17. The second kappa shape index (κ2) is 9.32. The van der Waals surface area contributed by atoms with Crippen LogP contribution in [0.15, 0.2) is 72.8 Å². The fourth-order valence-electron chi connectivity index (χ4n) is 2.70. The molecule has 28 heavy (non-hydrogen) atoms. The molecule has 0 spiro atoms. The van der Waals surface area contributed by atoms with Gasteiger partial charge in [-0.05, 0) is 54.6 Å². The number of hydrogen-bond donors (Lipinski definition) is 3. The third-order valence-electron chi connectivity index (χ3n) is 4.14. The van der Waals surface area contributed by atoms with Gasteiger partial charge in [0.1, 0.15) is 11.5 Å². The number of hydrogen-bond acceptors (Lipinski definition) is 4. The van der Waals surface area contributed by atoms with Crippen molar-refractivity contribution in [3.05, 3.63) is 78.4 Å². The Bertz CT molecular complexity index is 912. The summed E-state index contributed by atoms with van der Waals surface area (Å²) in [5.74, 6) is 1.57. The number of urea groups is 1. The van der Waals surface area contributed by atoms with Crippen LogP contribution in [0.3, 0.4) is 0 Å². The van der Waals surface area contributed by atoms with Crippen LogP contribution in [0.25, 0.3) is 0 Å². The molecule has 0 unspecified atom stereocenters. The quantitative estimate of drug-likeness (QED) is 0.544. The lowest BCUT2D eigenvalue weighted by Gasteiger charge is -2.13. The van der Waals surface area contributed by atoms with Crippen molar-refractivity contribution in [2.75, 3.05) is 30.2 Å². The summed E-state index contributed by atoms with van der Waals surface area (Å²) >= 11 is 0. The van der Waals surface area contributed by atoms with Crippen molar-refractivity contribution >= 4 is 23.1 Å². The first kappa shape index (κ1) is 19.1. The maximum absolute atomic E-state index is 12.0. The Balaban J connectivity index is 1.57. The van der Waals surface area contributed by atoms with E-state index in [1.54, 1.807) is 14.2 Å². The number of rotatable bonds is 7. The maximum atomic E-state index is 12.0. The monoisotopic (exact) mass is 377 g/mol. The Morgan fingerprint density at radius 2 is 1.43 bits per heavy atom. The summed E-state index contributed by atoms with van der Waals surface area (Å²) in [6.07, 6.45) is 0. The number of benzene rings is 3. The molecule has 0 heterocycles. The number of methoxy groups -OCH3 is 2. The predicted octanol–water partition coefficient (Wildman–Crippen LogP) is 4.96. The Hall–Kier alpha value is -3.67. The van der Waals surface area contributed by atoms with E-state index in [9.17, 15) is 4.79 Å². The van der Waals surface area contributed by atoms with Crippen LogP contribution in [0.4, 0.5) is 21.9 Å². The van der Waals surface area contributed by atoms with E-state index in [1.807, 2.05) is 72.8 Å². The smallest absolute Gasteiger partial charge is 0.323 e. The van der Waals surface area contributed by atoms with Gasteiger partial charge >= 0.3 is 6.03 Å². The van der Waals surface area contributed by atoms with E-state index >= 15 is 0 Å². The molecular weight excluding hydrogens is 354 g/mol. The van der Waals surface area contributed by atoms with Gasteiger partial charge in [0, 0.05) is 29.2 Å². The van der Waals surface area contributed by atoms with Gasteiger partial charge in [-0.3, -0.25) is 0 Å². The van der Waals surface area contributed by atoms with Crippen LogP contribution in [0, 0.1) is 0 Å². The van der Waals surface area contributed by atoms with Gasteiger partial charge in [-0.1, -0.05) is 18.2 Å². The van der Waals surface area contributed by atoms with Gasteiger partial charge in [0.15, 0.2) is 0 Å². The van der Waals surface area contributed by atoms with Gasteiger partial charge < -0.3 is 25.4 Å². The summed E-state index contributed by atoms with van der Waals surface area (Å²) in [4.78, 5) is 12.0. The number of ether oxygens (including phenoxy) is 2.